The van der Waals surface area contributed by atoms with E-state index in [-0.39, 0.29) is 19.3 Å². The summed E-state index contributed by atoms with van der Waals surface area (Å²) in [6.45, 7) is 4.88. The van der Waals surface area contributed by atoms with Crippen LogP contribution in [0.1, 0.15) is 26.5 Å². The number of aromatic amines is 1. The van der Waals surface area contributed by atoms with E-state index in [9.17, 15) is 14.4 Å². The highest BCUT2D eigenvalue weighted by atomic mass is 31.2. The molecule has 1 heterocycles. The smallest absolute Gasteiger partial charge is 0.330 e. The number of nitrogens with zero attached hydrogens (tertiary/aromatic N) is 1. The number of ether oxygens (including phenoxy) is 2. The molecule has 0 aliphatic rings. The Hall–Kier alpha value is -1.58. The second-order valence-corrected chi connectivity index (χ2v) is 6.35. The Morgan fingerprint density at radius 1 is 1.44 bits per heavy atom. The number of rotatable bonds is 13. The zero-order valence-electron chi connectivity index (χ0n) is 14.5. The second-order valence-electron chi connectivity index (χ2n) is 4.89. The Labute approximate surface area is 146 Å². The predicted octanol–water partition coefficient (Wildman–Crippen LogP) is 0.503. The summed E-state index contributed by atoms with van der Waals surface area (Å²) in [5, 5.41) is 2.97. The molecule has 0 saturated heterocycles. The van der Waals surface area contributed by atoms with Crippen molar-refractivity contribution >= 4 is 15.0 Å². The van der Waals surface area contributed by atoms with Crippen molar-refractivity contribution in [2.45, 2.75) is 32.6 Å². The Balaban J connectivity index is 2.50. The van der Waals surface area contributed by atoms with Gasteiger partial charge in [0.05, 0.1) is 12.7 Å². The van der Waals surface area contributed by atoms with Crippen LogP contribution in [0, 0.1) is 0 Å². The molecule has 0 bridgehead atoms. The molecule has 0 saturated carbocycles. The van der Waals surface area contributed by atoms with Gasteiger partial charge in [-0.15, -0.1) is 0 Å². The van der Waals surface area contributed by atoms with E-state index >= 15 is 0 Å². The number of hydrogen-bond acceptors (Lipinski definition) is 8. The highest BCUT2D eigenvalue weighted by Crippen LogP contribution is 2.32. The molecule has 11 heteroatoms. The van der Waals surface area contributed by atoms with Gasteiger partial charge in [-0.25, -0.2) is 9.88 Å². The van der Waals surface area contributed by atoms with Crippen molar-refractivity contribution in [1.29, 1.82) is 0 Å². The summed E-state index contributed by atoms with van der Waals surface area (Å²) in [6, 6.07) is 1.26. The van der Waals surface area contributed by atoms with Crippen molar-refractivity contribution in [3.05, 3.63) is 33.1 Å². The van der Waals surface area contributed by atoms with Crippen LogP contribution in [0.4, 0.5) is 0 Å². The van der Waals surface area contributed by atoms with Crippen molar-refractivity contribution in [3.8, 4) is 0 Å². The van der Waals surface area contributed by atoms with E-state index in [0.717, 1.165) is 0 Å². The van der Waals surface area contributed by atoms with Gasteiger partial charge in [0, 0.05) is 25.9 Å². The van der Waals surface area contributed by atoms with Gasteiger partial charge in [0.1, 0.15) is 12.8 Å². The lowest BCUT2D eigenvalue weighted by molar-refractivity contribution is -0.128. The fourth-order valence-corrected chi connectivity index (χ4v) is 2.77. The zero-order chi connectivity index (χ0) is 18.7. The SMILES string of the molecule is CCC(COP(NCCOC=O)OC)OC(C)n1ccc(=O)[nH]c1=O. The molecule has 142 valence electrons. The maximum absolute atomic E-state index is 11.8. The van der Waals surface area contributed by atoms with Crippen LogP contribution >= 0.6 is 8.53 Å². The molecule has 1 rings (SSSR count). The molecule has 0 aliphatic heterocycles. The minimum absolute atomic E-state index is 0.217. The summed E-state index contributed by atoms with van der Waals surface area (Å²) >= 11 is 0. The topological polar surface area (TPSA) is 121 Å². The number of hydrogen-bond donors (Lipinski definition) is 2. The molecule has 0 fully saturated rings. The minimum atomic E-state index is -1.35. The fraction of sp³-hybridized carbons (Fsp3) is 0.643. The molecule has 0 radical (unpaired) electrons. The van der Waals surface area contributed by atoms with Crippen LogP contribution in [0.15, 0.2) is 21.9 Å². The number of aromatic nitrogens is 2. The van der Waals surface area contributed by atoms with E-state index in [1.165, 1.54) is 23.9 Å². The number of carbonyl (C=O) groups excluding carboxylic acids is 1. The Bertz CT molecular complexity index is 621. The van der Waals surface area contributed by atoms with Crippen molar-refractivity contribution in [3.63, 3.8) is 0 Å². The maximum Gasteiger partial charge on any atom is 0.330 e. The van der Waals surface area contributed by atoms with E-state index in [2.05, 4.69) is 14.8 Å². The predicted molar refractivity (Wildman–Crippen MR) is 91.1 cm³/mol. The minimum Gasteiger partial charge on any atom is -0.467 e. The molecule has 10 nitrogen and oxygen atoms in total. The Morgan fingerprint density at radius 3 is 2.80 bits per heavy atom. The summed E-state index contributed by atoms with van der Waals surface area (Å²) in [5.74, 6) is 0. The zero-order valence-corrected chi connectivity index (χ0v) is 15.4. The first-order valence-corrected chi connectivity index (χ1v) is 8.92. The highest BCUT2D eigenvalue weighted by molar-refractivity contribution is 7.44. The third kappa shape index (κ3) is 7.89. The van der Waals surface area contributed by atoms with Gasteiger partial charge in [0.15, 0.2) is 0 Å². The van der Waals surface area contributed by atoms with Crippen molar-refractivity contribution in [2.24, 2.45) is 0 Å². The third-order valence-electron chi connectivity index (χ3n) is 3.16. The van der Waals surface area contributed by atoms with E-state index in [4.69, 9.17) is 13.8 Å². The van der Waals surface area contributed by atoms with Gasteiger partial charge < -0.3 is 18.5 Å². The highest BCUT2D eigenvalue weighted by Gasteiger charge is 2.17. The molecule has 0 spiro atoms. The average Bonchev–Trinajstić information content (AvgIpc) is 2.59. The molecular formula is C14H24N3O7P. The molecule has 1 aromatic rings. The van der Waals surface area contributed by atoms with E-state index in [0.29, 0.717) is 19.4 Å². The first-order chi connectivity index (χ1) is 12.0. The van der Waals surface area contributed by atoms with Crippen molar-refractivity contribution < 1.29 is 23.3 Å². The van der Waals surface area contributed by atoms with Crippen LogP contribution in [-0.4, -0.2) is 49.0 Å². The van der Waals surface area contributed by atoms with E-state index < -0.39 is 26.0 Å². The maximum atomic E-state index is 11.8. The Kier molecular flexibility index (Phi) is 10.2. The molecular weight excluding hydrogens is 353 g/mol. The van der Waals surface area contributed by atoms with Gasteiger partial charge in [-0.1, -0.05) is 6.92 Å². The van der Waals surface area contributed by atoms with Crippen LogP contribution in [0.2, 0.25) is 0 Å². The lowest BCUT2D eigenvalue weighted by Gasteiger charge is -2.24. The molecule has 1 aromatic heterocycles. The van der Waals surface area contributed by atoms with Crippen LogP contribution in [0.3, 0.4) is 0 Å². The van der Waals surface area contributed by atoms with Crippen LogP contribution < -0.4 is 16.3 Å². The van der Waals surface area contributed by atoms with Gasteiger partial charge in [-0.05, 0) is 13.3 Å². The van der Waals surface area contributed by atoms with Gasteiger partial charge in [-0.3, -0.25) is 19.1 Å². The first-order valence-electron chi connectivity index (χ1n) is 7.74. The number of carbonyl (C=O) groups is 1. The summed E-state index contributed by atoms with van der Waals surface area (Å²) in [7, 11) is 0.159. The quantitative estimate of drug-likeness (QED) is 0.290. The summed E-state index contributed by atoms with van der Waals surface area (Å²) in [6.07, 6.45) is 1.20. The summed E-state index contributed by atoms with van der Waals surface area (Å²) in [4.78, 5) is 35.1. The first kappa shape index (κ1) is 21.5. The molecule has 25 heavy (non-hydrogen) atoms. The summed E-state index contributed by atoms with van der Waals surface area (Å²) < 4.78 is 22.5. The second kappa shape index (κ2) is 11.9. The van der Waals surface area contributed by atoms with Gasteiger partial charge >= 0.3 is 5.69 Å². The Morgan fingerprint density at radius 2 is 2.20 bits per heavy atom. The van der Waals surface area contributed by atoms with E-state index in [1.807, 2.05) is 6.92 Å². The monoisotopic (exact) mass is 377 g/mol. The standard InChI is InChI=1S/C14H24N3O7P/c1-4-12(9-23-25(21-3)15-6-8-22-10-18)24-11(2)17-7-5-13(19)16-14(17)20/h5,7,10-12,15H,4,6,8-9H2,1-3H3,(H,16,19,20). The molecule has 0 aliphatic carbocycles. The van der Waals surface area contributed by atoms with Gasteiger partial charge in [0.25, 0.3) is 20.6 Å². The fourth-order valence-electron chi connectivity index (χ4n) is 1.87. The molecule has 0 aromatic carbocycles. The van der Waals surface area contributed by atoms with Gasteiger partial charge in [0.2, 0.25) is 0 Å². The molecule has 0 amide bonds. The molecule has 2 N–H and O–H groups in total. The number of H-pyrrole nitrogens is 1. The van der Waals surface area contributed by atoms with Crippen LogP contribution in [0.5, 0.6) is 0 Å². The van der Waals surface area contributed by atoms with E-state index in [1.54, 1.807) is 6.92 Å². The third-order valence-corrected chi connectivity index (χ3v) is 4.36. The van der Waals surface area contributed by atoms with Crippen LogP contribution in [0.25, 0.3) is 0 Å². The summed E-state index contributed by atoms with van der Waals surface area (Å²) in [5.41, 5.74) is -0.994. The van der Waals surface area contributed by atoms with Crippen molar-refractivity contribution in [2.75, 3.05) is 26.9 Å². The van der Waals surface area contributed by atoms with Crippen LogP contribution in [-0.2, 0) is 23.3 Å². The number of nitrogens with one attached hydrogen (secondary N) is 2. The lowest BCUT2D eigenvalue weighted by Crippen LogP contribution is -2.33. The largest absolute Gasteiger partial charge is 0.467 e. The van der Waals surface area contributed by atoms with Crippen molar-refractivity contribution in [1.82, 2.24) is 14.6 Å². The van der Waals surface area contributed by atoms with Gasteiger partial charge in [-0.2, -0.15) is 0 Å². The normalized spacial score (nSPS) is 14.7. The lowest BCUT2D eigenvalue weighted by atomic mass is 10.3. The molecule has 3 atom stereocenters. The average molecular weight is 377 g/mol. The molecule has 3 unspecified atom stereocenters.